The number of benzene rings is 1. The molecule has 2 amide bonds. The van der Waals surface area contributed by atoms with Gasteiger partial charge in [0.15, 0.2) is 0 Å². The third kappa shape index (κ3) is 4.32. The molecule has 0 aromatic heterocycles. The Balaban J connectivity index is 2.14. The molecular formula is C18H26N2O3. The number of fused-ring (bicyclic) bond motifs is 1. The van der Waals surface area contributed by atoms with Crippen molar-refractivity contribution in [1.29, 1.82) is 0 Å². The predicted molar refractivity (Wildman–Crippen MR) is 88.8 cm³/mol. The van der Waals surface area contributed by atoms with Gasteiger partial charge in [0.2, 0.25) is 11.8 Å². The summed E-state index contributed by atoms with van der Waals surface area (Å²) in [6.07, 6.45) is 2.43. The first-order valence-corrected chi connectivity index (χ1v) is 8.32. The molecule has 1 aromatic rings. The summed E-state index contributed by atoms with van der Waals surface area (Å²) in [4.78, 5) is 26.1. The highest BCUT2D eigenvalue weighted by atomic mass is 16.3. The largest absolute Gasteiger partial charge is 0.396 e. The molecule has 1 heterocycles. The average molecular weight is 318 g/mol. The molecule has 0 saturated carbocycles. The monoisotopic (exact) mass is 318 g/mol. The number of nitrogens with one attached hydrogen (secondary N) is 1. The Morgan fingerprint density at radius 3 is 2.78 bits per heavy atom. The van der Waals surface area contributed by atoms with Gasteiger partial charge in [0.05, 0.1) is 12.5 Å². The molecule has 126 valence electrons. The number of aliphatic hydroxyl groups excluding tert-OH is 1. The van der Waals surface area contributed by atoms with Crippen molar-refractivity contribution in [3.8, 4) is 0 Å². The van der Waals surface area contributed by atoms with Crippen molar-refractivity contribution < 1.29 is 14.7 Å². The van der Waals surface area contributed by atoms with E-state index in [1.165, 1.54) is 5.56 Å². The molecule has 5 nitrogen and oxygen atoms in total. The molecule has 2 atom stereocenters. The lowest BCUT2D eigenvalue weighted by atomic mass is 9.90. The van der Waals surface area contributed by atoms with Gasteiger partial charge >= 0.3 is 0 Å². The number of rotatable bonds is 6. The zero-order chi connectivity index (χ0) is 16.8. The lowest BCUT2D eigenvalue weighted by molar-refractivity contribution is -0.133. The Morgan fingerprint density at radius 2 is 2.13 bits per heavy atom. The fourth-order valence-electron chi connectivity index (χ4n) is 3.25. The zero-order valence-corrected chi connectivity index (χ0v) is 13.9. The molecule has 0 radical (unpaired) electrons. The topological polar surface area (TPSA) is 69.6 Å². The molecule has 23 heavy (non-hydrogen) atoms. The van der Waals surface area contributed by atoms with E-state index in [0.29, 0.717) is 13.0 Å². The molecular weight excluding hydrogens is 292 g/mol. The first kappa shape index (κ1) is 17.5. The highest BCUT2D eigenvalue weighted by Crippen LogP contribution is 2.32. The maximum absolute atomic E-state index is 12.4. The summed E-state index contributed by atoms with van der Waals surface area (Å²) < 4.78 is 0. The third-order valence-corrected chi connectivity index (χ3v) is 4.53. The van der Waals surface area contributed by atoms with Crippen molar-refractivity contribution in [2.24, 2.45) is 0 Å². The zero-order valence-electron chi connectivity index (χ0n) is 13.9. The molecule has 2 N–H and O–H groups in total. The van der Waals surface area contributed by atoms with Crippen molar-refractivity contribution in [1.82, 2.24) is 10.2 Å². The van der Waals surface area contributed by atoms with E-state index in [-0.39, 0.29) is 36.9 Å². The highest BCUT2D eigenvalue weighted by molar-refractivity contribution is 5.79. The Kier molecular flexibility index (Phi) is 6.16. The Bertz CT molecular complexity index is 559. The van der Waals surface area contributed by atoms with Crippen LogP contribution in [0.2, 0.25) is 0 Å². The SMILES string of the molecule is CCC(CCO)NC(=O)CC1c2ccccc2CCN1C(C)=O. The number of hydrogen-bond acceptors (Lipinski definition) is 3. The van der Waals surface area contributed by atoms with Crippen LogP contribution in [-0.4, -0.2) is 41.0 Å². The number of aliphatic hydroxyl groups is 1. The second-order valence-corrected chi connectivity index (χ2v) is 6.07. The standard InChI is InChI=1S/C18H26N2O3/c1-3-15(9-11-21)19-18(23)12-17-16-7-5-4-6-14(16)8-10-20(17)13(2)22/h4-7,15,17,21H,3,8-12H2,1-2H3,(H,19,23). The van der Waals surface area contributed by atoms with Gasteiger partial charge in [-0.05, 0) is 30.4 Å². The van der Waals surface area contributed by atoms with Crippen LogP contribution in [0, 0.1) is 0 Å². The van der Waals surface area contributed by atoms with Crippen LogP contribution in [0.3, 0.4) is 0 Å². The van der Waals surface area contributed by atoms with Gasteiger partial charge in [0.25, 0.3) is 0 Å². The lowest BCUT2D eigenvalue weighted by Crippen LogP contribution is -2.43. The number of amides is 2. The van der Waals surface area contributed by atoms with E-state index < -0.39 is 0 Å². The van der Waals surface area contributed by atoms with Gasteiger partial charge in [-0.15, -0.1) is 0 Å². The van der Waals surface area contributed by atoms with E-state index in [1.54, 1.807) is 11.8 Å². The van der Waals surface area contributed by atoms with Gasteiger partial charge in [0.1, 0.15) is 0 Å². The van der Waals surface area contributed by atoms with Gasteiger partial charge in [0, 0.05) is 26.1 Å². The minimum atomic E-state index is -0.205. The van der Waals surface area contributed by atoms with Gasteiger partial charge < -0.3 is 15.3 Å². The third-order valence-electron chi connectivity index (χ3n) is 4.53. The minimum Gasteiger partial charge on any atom is -0.396 e. The van der Waals surface area contributed by atoms with Crippen LogP contribution in [-0.2, 0) is 16.0 Å². The molecule has 0 fully saturated rings. The second kappa shape index (κ2) is 8.11. The number of carbonyl (C=O) groups is 2. The van der Waals surface area contributed by atoms with Crippen molar-refractivity contribution in [3.63, 3.8) is 0 Å². The number of nitrogens with zero attached hydrogens (tertiary/aromatic N) is 1. The molecule has 5 heteroatoms. The van der Waals surface area contributed by atoms with E-state index in [4.69, 9.17) is 5.11 Å². The van der Waals surface area contributed by atoms with E-state index in [1.807, 2.05) is 25.1 Å². The van der Waals surface area contributed by atoms with Crippen LogP contribution >= 0.6 is 0 Å². The second-order valence-electron chi connectivity index (χ2n) is 6.07. The van der Waals surface area contributed by atoms with Crippen molar-refractivity contribution in [3.05, 3.63) is 35.4 Å². The van der Waals surface area contributed by atoms with Crippen LogP contribution in [0.5, 0.6) is 0 Å². The summed E-state index contributed by atoms with van der Waals surface area (Å²) in [6, 6.07) is 7.80. The van der Waals surface area contributed by atoms with Gasteiger partial charge in [-0.25, -0.2) is 0 Å². The highest BCUT2D eigenvalue weighted by Gasteiger charge is 2.30. The molecule has 1 aliphatic rings. The van der Waals surface area contributed by atoms with Crippen molar-refractivity contribution in [2.45, 2.75) is 51.6 Å². The van der Waals surface area contributed by atoms with E-state index in [9.17, 15) is 9.59 Å². The quantitative estimate of drug-likeness (QED) is 0.840. The maximum atomic E-state index is 12.4. The Morgan fingerprint density at radius 1 is 1.39 bits per heavy atom. The fraction of sp³-hybridized carbons (Fsp3) is 0.556. The first-order chi connectivity index (χ1) is 11.1. The molecule has 2 rings (SSSR count). The summed E-state index contributed by atoms with van der Waals surface area (Å²) in [7, 11) is 0. The minimum absolute atomic E-state index is 0.000275. The molecule has 2 unspecified atom stereocenters. The van der Waals surface area contributed by atoms with Gasteiger partial charge in [-0.3, -0.25) is 9.59 Å². The average Bonchev–Trinajstić information content (AvgIpc) is 2.54. The summed E-state index contributed by atoms with van der Waals surface area (Å²) in [5, 5.41) is 12.0. The summed E-state index contributed by atoms with van der Waals surface area (Å²) in [6.45, 7) is 4.25. The van der Waals surface area contributed by atoms with Crippen LogP contribution in [0.4, 0.5) is 0 Å². The molecule has 0 aliphatic carbocycles. The van der Waals surface area contributed by atoms with E-state index >= 15 is 0 Å². The van der Waals surface area contributed by atoms with Crippen LogP contribution in [0.15, 0.2) is 24.3 Å². The van der Waals surface area contributed by atoms with Crippen LogP contribution in [0.1, 0.15) is 50.3 Å². The summed E-state index contributed by atoms with van der Waals surface area (Å²) in [5.41, 5.74) is 2.28. The summed E-state index contributed by atoms with van der Waals surface area (Å²) in [5.74, 6) is -0.0713. The maximum Gasteiger partial charge on any atom is 0.222 e. The van der Waals surface area contributed by atoms with Crippen molar-refractivity contribution in [2.75, 3.05) is 13.2 Å². The molecule has 1 aliphatic heterocycles. The smallest absolute Gasteiger partial charge is 0.222 e. The number of carbonyl (C=O) groups excluding carboxylic acids is 2. The van der Waals surface area contributed by atoms with E-state index in [0.717, 1.165) is 18.4 Å². The molecule has 0 bridgehead atoms. The normalized spacial score (nSPS) is 18.2. The molecule has 0 saturated heterocycles. The Labute approximate surface area is 137 Å². The number of hydrogen-bond donors (Lipinski definition) is 2. The van der Waals surface area contributed by atoms with Crippen LogP contribution < -0.4 is 5.32 Å². The van der Waals surface area contributed by atoms with E-state index in [2.05, 4.69) is 11.4 Å². The fourth-order valence-corrected chi connectivity index (χ4v) is 3.25. The predicted octanol–water partition coefficient (Wildman–Crippen LogP) is 1.80. The van der Waals surface area contributed by atoms with Gasteiger partial charge in [-0.1, -0.05) is 31.2 Å². The molecule has 0 spiro atoms. The van der Waals surface area contributed by atoms with Crippen molar-refractivity contribution >= 4 is 11.8 Å². The lowest BCUT2D eigenvalue weighted by Gasteiger charge is -2.36. The van der Waals surface area contributed by atoms with Crippen LogP contribution in [0.25, 0.3) is 0 Å². The molecule has 1 aromatic carbocycles. The summed E-state index contributed by atoms with van der Waals surface area (Å²) >= 11 is 0. The first-order valence-electron chi connectivity index (χ1n) is 8.32. The van der Waals surface area contributed by atoms with Gasteiger partial charge in [-0.2, -0.15) is 0 Å². The Hall–Kier alpha value is -1.88.